The van der Waals surface area contributed by atoms with Crippen molar-refractivity contribution in [2.24, 2.45) is 5.92 Å². The number of esters is 2. The Kier molecular flexibility index (Phi) is 16.1. The highest BCUT2D eigenvalue weighted by atomic mass is 16.6. The molecule has 26 heavy (non-hydrogen) atoms. The van der Waals surface area contributed by atoms with Crippen molar-refractivity contribution in [2.45, 2.75) is 97.8 Å². The van der Waals surface area contributed by atoms with Crippen molar-refractivity contribution in [3.8, 4) is 0 Å². The standard InChI is InChI=1S/C21H38O5/c1-4-6-8-10-12-14-16-25-20(23)19(18(3)22)21(24)26-17-15-13-11-9-7-5-2/h19H,4-17H2,1-3H3. The van der Waals surface area contributed by atoms with Crippen molar-refractivity contribution in [1.82, 2.24) is 0 Å². The van der Waals surface area contributed by atoms with E-state index in [4.69, 9.17) is 9.47 Å². The average molecular weight is 371 g/mol. The summed E-state index contributed by atoms with van der Waals surface area (Å²) in [6, 6.07) is 0. The van der Waals surface area contributed by atoms with Crippen LogP contribution in [0.25, 0.3) is 0 Å². The Morgan fingerprint density at radius 3 is 1.31 bits per heavy atom. The van der Waals surface area contributed by atoms with Gasteiger partial charge in [-0.2, -0.15) is 0 Å². The zero-order valence-corrected chi connectivity index (χ0v) is 17.0. The summed E-state index contributed by atoms with van der Waals surface area (Å²) in [5.41, 5.74) is 0. The van der Waals surface area contributed by atoms with Gasteiger partial charge in [-0.1, -0.05) is 78.1 Å². The van der Waals surface area contributed by atoms with Crippen molar-refractivity contribution in [3.63, 3.8) is 0 Å². The van der Waals surface area contributed by atoms with Gasteiger partial charge in [-0.25, -0.2) is 0 Å². The molecule has 0 aliphatic carbocycles. The summed E-state index contributed by atoms with van der Waals surface area (Å²) >= 11 is 0. The zero-order valence-electron chi connectivity index (χ0n) is 17.0. The second kappa shape index (κ2) is 17.0. The number of rotatable bonds is 17. The van der Waals surface area contributed by atoms with Gasteiger partial charge in [0.1, 0.15) is 0 Å². The molecule has 0 spiro atoms. The Hall–Kier alpha value is -1.39. The molecular formula is C21H38O5. The van der Waals surface area contributed by atoms with Crippen LogP contribution in [0, 0.1) is 5.92 Å². The molecule has 0 saturated heterocycles. The van der Waals surface area contributed by atoms with E-state index in [2.05, 4.69) is 13.8 Å². The Morgan fingerprint density at radius 1 is 0.615 bits per heavy atom. The molecule has 152 valence electrons. The fraction of sp³-hybridized carbons (Fsp3) is 0.857. The van der Waals surface area contributed by atoms with E-state index in [0.29, 0.717) is 0 Å². The van der Waals surface area contributed by atoms with E-state index in [0.717, 1.165) is 38.5 Å². The first-order valence-corrected chi connectivity index (χ1v) is 10.4. The maximum atomic E-state index is 12.0. The summed E-state index contributed by atoms with van der Waals surface area (Å²) in [4.78, 5) is 35.7. The van der Waals surface area contributed by atoms with Crippen LogP contribution in [-0.2, 0) is 23.9 Å². The summed E-state index contributed by atoms with van der Waals surface area (Å²) in [7, 11) is 0. The van der Waals surface area contributed by atoms with Crippen molar-refractivity contribution in [3.05, 3.63) is 0 Å². The Morgan fingerprint density at radius 2 is 0.962 bits per heavy atom. The van der Waals surface area contributed by atoms with Gasteiger partial charge in [0.25, 0.3) is 0 Å². The SMILES string of the molecule is CCCCCCCCOC(=O)C(C(C)=O)C(=O)OCCCCCCCC. The number of hydrogen-bond donors (Lipinski definition) is 0. The fourth-order valence-electron chi connectivity index (χ4n) is 2.71. The van der Waals surface area contributed by atoms with Crippen LogP contribution in [0.4, 0.5) is 0 Å². The average Bonchev–Trinajstić information content (AvgIpc) is 2.60. The molecule has 0 atom stereocenters. The van der Waals surface area contributed by atoms with Gasteiger partial charge < -0.3 is 9.47 Å². The van der Waals surface area contributed by atoms with Gasteiger partial charge in [0, 0.05) is 0 Å². The van der Waals surface area contributed by atoms with Crippen LogP contribution in [0.3, 0.4) is 0 Å². The minimum atomic E-state index is -1.44. The first-order valence-electron chi connectivity index (χ1n) is 10.4. The van der Waals surface area contributed by atoms with Crippen molar-refractivity contribution in [1.29, 1.82) is 0 Å². The van der Waals surface area contributed by atoms with Crippen LogP contribution in [0.15, 0.2) is 0 Å². The number of carbonyl (C=O) groups is 3. The Labute approximate surface area is 159 Å². The fourth-order valence-corrected chi connectivity index (χ4v) is 2.71. The number of ketones is 1. The molecule has 0 N–H and O–H groups in total. The van der Waals surface area contributed by atoms with E-state index in [1.165, 1.54) is 45.4 Å². The van der Waals surface area contributed by atoms with Crippen LogP contribution in [0.1, 0.15) is 97.8 Å². The third kappa shape index (κ3) is 12.9. The molecule has 0 aromatic heterocycles. The van der Waals surface area contributed by atoms with Gasteiger partial charge >= 0.3 is 11.9 Å². The van der Waals surface area contributed by atoms with Gasteiger partial charge in [-0.3, -0.25) is 14.4 Å². The van der Waals surface area contributed by atoms with Crippen LogP contribution >= 0.6 is 0 Å². The molecule has 5 heteroatoms. The third-order valence-corrected chi connectivity index (χ3v) is 4.36. The molecule has 0 aliphatic heterocycles. The first-order chi connectivity index (χ1) is 12.5. The lowest BCUT2D eigenvalue weighted by Gasteiger charge is -2.13. The smallest absolute Gasteiger partial charge is 0.328 e. The van der Waals surface area contributed by atoms with Crippen molar-refractivity contribution >= 4 is 17.7 Å². The van der Waals surface area contributed by atoms with Crippen molar-refractivity contribution in [2.75, 3.05) is 13.2 Å². The van der Waals surface area contributed by atoms with E-state index in [-0.39, 0.29) is 13.2 Å². The van der Waals surface area contributed by atoms with Gasteiger partial charge in [-0.15, -0.1) is 0 Å². The zero-order chi connectivity index (χ0) is 19.6. The predicted molar refractivity (Wildman–Crippen MR) is 103 cm³/mol. The topological polar surface area (TPSA) is 69.7 Å². The minimum Gasteiger partial charge on any atom is -0.465 e. The first kappa shape index (κ1) is 24.6. The maximum absolute atomic E-state index is 12.0. The van der Waals surface area contributed by atoms with E-state index >= 15 is 0 Å². The molecule has 0 heterocycles. The molecule has 0 saturated carbocycles. The summed E-state index contributed by atoms with van der Waals surface area (Å²) < 4.78 is 10.2. The number of unbranched alkanes of at least 4 members (excludes halogenated alkanes) is 10. The highest BCUT2D eigenvalue weighted by Gasteiger charge is 2.34. The summed E-state index contributed by atoms with van der Waals surface area (Å²) in [6.07, 6.45) is 12.9. The molecule has 0 aliphatic rings. The van der Waals surface area contributed by atoms with Crippen LogP contribution in [-0.4, -0.2) is 30.9 Å². The normalized spacial score (nSPS) is 10.8. The molecule has 0 fully saturated rings. The lowest BCUT2D eigenvalue weighted by molar-refractivity contribution is -0.164. The minimum absolute atomic E-state index is 0.249. The molecule has 0 amide bonds. The van der Waals surface area contributed by atoms with E-state index in [9.17, 15) is 14.4 Å². The molecule has 0 aromatic carbocycles. The van der Waals surface area contributed by atoms with Crippen LogP contribution in [0.5, 0.6) is 0 Å². The van der Waals surface area contributed by atoms with E-state index < -0.39 is 23.6 Å². The quantitative estimate of drug-likeness (QED) is 0.205. The van der Waals surface area contributed by atoms with E-state index in [1.807, 2.05) is 0 Å². The molecule has 0 bridgehead atoms. The lowest BCUT2D eigenvalue weighted by Crippen LogP contribution is -2.33. The lowest BCUT2D eigenvalue weighted by atomic mass is 10.1. The highest BCUT2D eigenvalue weighted by molar-refractivity contribution is 6.14. The monoisotopic (exact) mass is 370 g/mol. The predicted octanol–water partition coefficient (Wildman–Crippen LogP) is 5.00. The molecule has 0 aromatic rings. The molecule has 0 unspecified atom stereocenters. The largest absolute Gasteiger partial charge is 0.465 e. The number of hydrogen-bond acceptors (Lipinski definition) is 5. The van der Waals surface area contributed by atoms with Crippen LogP contribution < -0.4 is 0 Å². The van der Waals surface area contributed by atoms with Gasteiger partial charge in [-0.05, 0) is 19.8 Å². The van der Waals surface area contributed by atoms with Gasteiger partial charge in [0.2, 0.25) is 5.92 Å². The second-order valence-corrected chi connectivity index (χ2v) is 6.91. The maximum Gasteiger partial charge on any atom is 0.328 e. The Bertz CT molecular complexity index is 362. The summed E-state index contributed by atoms with van der Waals surface area (Å²) in [5.74, 6) is -3.51. The molecule has 0 rings (SSSR count). The second-order valence-electron chi connectivity index (χ2n) is 6.91. The molecule has 5 nitrogen and oxygen atoms in total. The third-order valence-electron chi connectivity index (χ3n) is 4.36. The number of ether oxygens (including phenoxy) is 2. The van der Waals surface area contributed by atoms with Crippen molar-refractivity contribution < 1.29 is 23.9 Å². The van der Waals surface area contributed by atoms with Gasteiger partial charge in [0.05, 0.1) is 13.2 Å². The van der Waals surface area contributed by atoms with E-state index in [1.54, 1.807) is 0 Å². The molecular weight excluding hydrogens is 332 g/mol. The number of Topliss-reactive ketones (excluding diaryl/α,β-unsaturated/α-hetero) is 1. The summed E-state index contributed by atoms with van der Waals surface area (Å²) in [6.45, 7) is 6.05. The number of carbonyl (C=O) groups excluding carboxylic acids is 3. The summed E-state index contributed by atoms with van der Waals surface area (Å²) in [5, 5.41) is 0. The van der Waals surface area contributed by atoms with Gasteiger partial charge in [0.15, 0.2) is 5.78 Å². The molecule has 0 radical (unpaired) electrons. The Balaban J connectivity index is 3.99. The van der Waals surface area contributed by atoms with Crippen LogP contribution in [0.2, 0.25) is 0 Å². The highest BCUT2D eigenvalue weighted by Crippen LogP contribution is 2.10.